The monoisotopic (exact) mass is 298 g/mol. The molecule has 0 saturated carbocycles. The van der Waals surface area contributed by atoms with Crippen LogP contribution in [0.3, 0.4) is 0 Å². The predicted molar refractivity (Wildman–Crippen MR) is 86.4 cm³/mol. The van der Waals surface area contributed by atoms with Gasteiger partial charge in [0.15, 0.2) is 0 Å². The lowest BCUT2D eigenvalue weighted by Gasteiger charge is -2.10. The van der Waals surface area contributed by atoms with Crippen molar-refractivity contribution >= 4 is 23.0 Å². The zero-order valence-electron chi connectivity index (χ0n) is 11.9. The molecule has 3 aromatic rings. The Kier molecular flexibility index (Phi) is 3.55. The number of hydrogen-bond acceptors (Lipinski definition) is 2. The van der Waals surface area contributed by atoms with Crippen LogP contribution in [-0.2, 0) is 6.42 Å². The van der Waals surface area contributed by atoms with Crippen molar-refractivity contribution in [3.05, 3.63) is 58.1 Å². The summed E-state index contributed by atoms with van der Waals surface area (Å²) in [5.74, 6) is 0.459. The minimum atomic E-state index is -0.227. The van der Waals surface area contributed by atoms with E-state index < -0.39 is 0 Å². The number of rotatable bonds is 2. The molecular formula is C17H15FN2S. The highest BCUT2D eigenvalue weighted by Gasteiger charge is 2.11. The van der Waals surface area contributed by atoms with E-state index in [1.54, 1.807) is 12.1 Å². The van der Waals surface area contributed by atoms with E-state index in [2.05, 4.69) is 16.9 Å². The maximum Gasteiger partial charge on any atom is 0.139 e. The molecule has 2 nitrogen and oxygen atoms in total. The Morgan fingerprint density at radius 1 is 1.14 bits per heavy atom. The van der Waals surface area contributed by atoms with Gasteiger partial charge < -0.3 is 4.98 Å². The molecule has 1 heterocycles. The van der Waals surface area contributed by atoms with E-state index in [9.17, 15) is 4.39 Å². The minimum absolute atomic E-state index is 0.227. The van der Waals surface area contributed by atoms with Gasteiger partial charge in [-0.15, -0.1) is 0 Å². The normalized spacial score (nSPS) is 11.0. The van der Waals surface area contributed by atoms with Crippen LogP contribution in [0.1, 0.15) is 18.2 Å². The lowest BCUT2D eigenvalue weighted by molar-refractivity contribution is 0.640. The predicted octanol–water partition coefficient (Wildman–Crippen LogP) is 4.97. The number of fused-ring (bicyclic) bond motifs is 1. The second-order valence-corrected chi connectivity index (χ2v) is 5.37. The molecule has 21 heavy (non-hydrogen) atoms. The summed E-state index contributed by atoms with van der Waals surface area (Å²) < 4.78 is 14.5. The SMILES string of the molecule is CCc1c(C)[nH]c(-c2ccc(F)c3ccccc23)nc1=S. The van der Waals surface area contributed by atoms with Gasteiger partial charge in [-0.1, -0.05) is 43.4 Å². The first-order valence-corrected chi connectivity index (χ1v) is 7.30. The van der Waals surface area contributed by atoms with Crippen molar-refractivity contribution in [1.82, 2.24) is 9.97 Å². The van der Waals surface area contributed by atoms with Crippen molar-refractivity contribution in [1.29, 1.82) is 0 Å². The van der Waals surface area contributed by atoms with Crippen LogP contribution in [-0.4, -0.2) is 9.97 Å². The smallest absolute Gasteiger partial charge is 0.139 e. The molecule has 0 aliphatic carbocycles. The van der Waals surface area contributed by atoms with Gasteiger partial charge in [-0.2, -0.15) is 0 Å². The van der Waals surface area contributed by atoms with Crippen molar-refractivity contribution in [2.75, 3.05) is 0 Å². The third kappa shape index (κ3) is 2.36. The third-order valence-corrected chi connectivity index (χ3v) is 4.05. The van der Waals surface area contributed by atoms with Crippen molar-refractivity contribution in [3.8, 4) is 11.4 Å². The lowest BCUT2D eigenvalue weighted by Crippen LogP contribution is -1.99. The number of H-pyrrole nitrogens is 1. The number of aromatic nitrogens is 2. The van der Waals surface area contributed by atoms with Gasteiger partial charge in [-0.05, 0) is 30.9 Å². The van der Waals surface area contributed by atoms with Crippen LogP contribution in [0.15, 0.2) is 36.4 Å². The Morgan fingerprint density at radius 2 is 1.86 bits per heavy atom. The Bertz CT molecular complexity index is 884. The highest BCUT2D eigenvalue weighted by atomic mass is 32.1. The van der Waals surface area contributed by atoms with E-state index in [1.165, 1.54) is 6.07 Å². The molecule has 106 valence electrons. The van der Waals surface area contributed by atoms with E-state index in [1.807, 2.05) is 25.1 Å². The highest BCUT2D eigenvalue weighted by molar-refractivity contribution is 7.71. The molecule has 1 aromatic heterocycles. The molecule has 2 aromatic carbocycles. The number of aromatic amines is 1. The molecule has 0 bridgehead atoms. The summed E-state index contributed by atoms with van der Waals surface area (Å²) >= 11 is 5.37. The van der Waals surface area contributed by atoms with Crippen molar-refractivity contribution in [3.63, 3.8) is 0 Å². The van der Waals surface area contributed by atoms with E-state index in [-0.39, 0.29) is 5.82 Å². The van der Waals surface area contributed by atoms with Crippen LogP contribution >= 0.6 is 12.2 Å². The molecule has 0 aliphatic heterocycles. The van der Waals surface area contributed by atoms with Crippen molar-refractivity contribution in [2.45, 2.75) is 20.3 Å². The van der Waals surface area contributed by atoms with Crippen molar-refractivity contribution in [2.24, 2.45) is 0 Å². The number of nitrogens with one attached hydrogen (secondary N) is 1. The molecular weight excluding hydrogens is 283 g/mol. The van der Waals surface area contributed by atoms with Crippen LogP contribution in [0.5, 0.6) is 0 Å². The standard InChI is InChI=1S/C17H15FN2S/c1-3-11-10(2)19-16(20-17(11)21)14-8-9-15(18)13-7-5-4-6-12(13)14/h4-9H,3H2,1-2H3,(H,19,20,21). The van der Waals surface area contributed by atoms with Crippen molar-refractivity contribution < 1.29 is 4.39 Å². The van der Waals surface area contributed by atoms with E-state index >= 15 is 0 Å². The molecule has 0 amide bonds. The summed E-state index contributed by atoms with van der Waals surface area (Å²) in [5.41, 5.74) is 2.94. The Hall–Kier alpha value is -2.07. The van der Waals surface area contributed by atoms with Gasteiger partial charge in [0.2, 0.25) is 0 Å². The fourth-order valence-electron chi connectivity index (χ4n) is 2.62. The summed E-state index contributed by atoms with van der Waals surface area (Å²) in [7, 11) is 0. The second kappa shape index (κ2) is 5.37. The Balaban J connectivity index is 2.32. The molecule has 0 radical (unpaired) electrons. The molecule has 3 rings (SSSR count). The first-order valence-electron chi connectivity index (χ1n) is 6.89. The average Bonchev–Trinajstić information content (AvgIpc) is 2.47. The summed E-state index contributed by atoms with van der Waals surface area (Å²) in [4.78, 5) is 7.79. The zero-order chi connectivity index (χ0) is 15.0. The van der Waals surface area contributed by atoms with Crippen LogP contribution in [0.4, 0.5) is 4.39 Å². The first-order chi connectivity index (χ1) is 10.1. The summed E-state index contributed by atoms with van der Waals surface area (Å²) in [5, 5.41) is 1.42. The van der Waals surface area contributed by atoms with Crippen LogP contribution < -0.4 is 0 Å². The number of aryl methyl sites for hydroxylation is 1. The van der Waals surface area contributed by atoms with Gasteiger partial charge in [-0.3, -0.25) is 0 Å². The van der Waals surface area contributed by atoms with Gasteiger partial charge in [0.05, 0.1) is 0 Å². The van der Waals surface area contributed by atoms with Gasteiger partial charge in [0.25, 0.3) is 0 Å². The number of benzene rings is 2. The number of nitrogens with zero attached hydrogens (tertiary/aromatic N) is 1. The molecule has 1 N–H and O–H groups in total. The average molecular weight is 298 g/mol. The number of hydrogen-bond donors (Lipinski definition) is 1. The van der Waals surface area contributed by atoms with Crippen LogP contribution in [0, 0.1) is 17.4 Å². The summed E-state index contributed by atoms with van der Waals surface area (Å²) in [6.07, 6.45) is 0.846. The van der Waals surface area contributed by atoms with E-state index in [0.29, 0.717) is 15.9 Å². The molecule has 0 spiro atoms. The lowest BCUT2D eigenvalue weighted by atomic mass is 10.0. The molecule has 0 aliphatic rings. The summed E-state index contributed by atoms with van der Waals surface area (Å²) in [6.45, 7) is 4.05. The Morgan fingerprint density at radius 3 is 2.52 bits per heavy atom. The van der Waals surface area contributed by atoms with Gasteiger partial charge in [0.1, 0.15) is 16.3 Å². The molecule has 0 fully saturated rings. The van der Waals surface area contributed by atoms with Crippen LogP contribution in [0.25, 0.3) is 22.2 Å². The molecule has 0 unspecified atom stereocenters. The van der Waals surface area contributed by atoms with Crippen LogP contribution in [0.2, 0.25) is 0 Å². The third-order valence-electron chi connectivity index (χ3n) is 3.71. The quantitative estimate of drug-likeness (QED) is 0.677. The second-order valence-electron chi connectivity index (χ2n) is 4.99. The maximum absolute atomic E-state index is 13.9. The highest BCUT2D eigenvalue weighted by Crippen LogP contribution is 2.28. The Labute approximate surface area is 127 Å². The van der Waals surface area contributed by atoms with Gasteiger partial charge in [-0.25, -0.2) is 9.37 Å². The fourth-order valence-corrected chi connectivity index (χ4v) is 3.01. The minimum Gasteiger partial charge on any atom is -0.343 e. The maximum atomic E-state index is 13.9. The molecule has 0 saturated heterocycles. The first kappa shape index (κ1) is 13.9. The van der Waals surface area contributed by atoms with E-state index in [0.717, 1.165) is 28.6 Å². The summed E-state index contributed by atoms with van der Waals surface area (Å²) in [6, 6.07) is 10.6. The molecule has 4 heteroatoms. The topological polar surface area (TPSA) is 28.7 Å². The van der Waals surface area contributed by atoms with E-state index in [4.69, 9.17) is 12.2 Å². The van der Waals surface area contributed by atoms with Gasteiger partial charge in [0, 0.05) is 22.2 Å². The molecule has 0 atom stereocenters. The fraction of sp³-hybridized carbons (Fsp3) is 0.176. The van der Waals surface area contributed by atoms with Gasteiger partial charge >= 0.3 is 0 Å². The largest absolute Gasteiger partial charge is 0.343 e. The number of halogens is 1. The zero-order valence-corrected chi connectivity index (χ0v) is 12.7.